The number of unbranched alkanes of at least 4 members (excludes halogenated alkanes) is 34. The molecule has 11 nitrogen and oxygen atoms in total. The Balaban J connectivity index is 0. The summed E-state index contributed by atoms with van der Waals surface area (Å²) in [6.45, 7) is 5.64. The molecule has 0 aromatic heterocycles. The van der Waals surface area contributed by atoms with Crippen molar-refractivity contribution in [2.45, 2.75) is 297 Å². The normalized spacial score (nSPS) is 12.9. The first-order valence-corrected chi connectivity index (χ1v) is 30.2. The number of phosphoric acid groups is 1. The molecule has 0 fully saturated rings. The number of allylic oxidation sites excluding steroid dienone is 4. The lowest BCUT2D eigenvalue weighted by atomic mass is 10.0. The van der Waals surface area contributed by atoms with Crippen LogP contribution >= 0.6 is 7.82 Å². The Hall–Kier alpha value is -2.04. The molecular formula is C57H111N2O9P. The summed E-state index contributed by atoms with van der Waals surface area (Å²) >= 11 is 0. The topological polar surface area (TPSA) is 177 Å². The summed E-state index contributed by atoms with van der Waals surface area (Å²) in [5, 5.41) is 2.71. The molecule has 0 saturated heterocycles. The molecule has 0 aliphatic heterocycles. The third-order valence-electron chi connectivity index (χ3n) is 12.6. The Morgan fingerprint density at radius 3 is 1.17 bits per heavy atom. The fourth-order valence-corrected chi connectivity index (χ4v) is 8.99. The molecule has 0 spiro atoms. The van der Waals surface area contributed by atoms with Gasteiger partial charge in [-0.1, -0.05) is 225 Å². The highest BCUT2D eigenvalue weighted by atomic mass is 31.2. The van der Waals surface area contributed by atoms with E-state index in [-0.39, 0.29) is 44.7 Å². The van der Waals surface area contributed by atoms with E-state index < -0.39 is 32.5 Å². The third kappa shape index (κ3) is 55.1. The van der Waals surface area contributed by atoms with Crippen LogP contribution in [0.4, 0.5) is 0 Å². The van der Waals surface area contributed by atoms with E-state index in [1.54, 1.807) is 0 Å². The van der Waals surface area contributed by atoms with Gasteiger partial charge in [-0.15, -0.1) is 0 Å². The molecule has 5 N–H and O–H groups in total. The number of hydrogen-bond acceptors (Lipinski definition) is 9. The predicted octanol–water partition coefficient (Wildman–Crippen LogP) is 17.0. The van der Waals surface area contributed by atoms with Crippen molar-refractivity contribution in [2.75, 3.05) is 26.4 Å². The maximum absolute atomic E-state index is 12.8. The second kappa shape index (κ2) is 55.3. The standard InChI is InChI=1S/C57H108NO9P.H3N/c1-4-7-10-13-16-19-22-25-27-30-33-36-39-42-45-48-56(60)64-52-54(67-57(61)49-46-43-40-37-34-31-28-26-23-20-17-14-11-8-5-2)53-66-68(62,63)65-51-50-58-55(59)47-44-41-38-35-32-29-24-21-18-15-12-9-6-3;/h25-28,54H,4-24,29-53H2,1-3H3,(H,58,59)(H,62,63);1H3/b27-25-,28-26-;/t54-;/m1./s1. The number of carbonyl (C=O) groups excluding carboxylic acids is 3. The Labute approximate surface area is 425 Å². The summed E-state index contributed by atoms with van der Waals surface area (Å²) < 4.78 is 33.7. The van der Waals surface area contributed by atoms with Crippen LogP contribution in [0.3, 0.4) is 0 Å². The van der Waals surface area contributed by atoms with Gasteiger partial charge in [0.15, 0.2) is 6.10 Å². The summed E-state index contributed by atoms with van der Waals surface area (Å²) in [5.74, 6) is -1.05. The predicted molar refractivity (Wildman–Crippen MR) is 289 cm³/mol. The lowest BCUT2D eigenvalue weighted by molar-refractivity contribution is -0.228. The van der Waals surface area contributed by atoms with E-state index in [4.69, 9.17) is 18.5 Å². The molecule has 0 aromatic carbocycles. The van der Waals surface area contributed by atoms with Crippen LogP contribution in [0.2, 0.25) is 0 Å². The highest BCUT2D eigenvalue weighted by Crippen LogP contribution is 2.38. The minimum absolute atomic E-state index is 0. The van der Waals surface area contributed by atoms with Gasteiger partial charge in [0.1, 0.15) is 6.61 Å². The number of quaternary nitrogens is 1. The van der Waals surface area contributed by atoms with E-state index in [9.17, 15) is 23.8 Å². The van der Waals surface area contributed by atoms with Crippen LogP contribution in [0, 0.1) is 0 Å². The van der Waals surface area contributed by atoms with Crippen molar-refractivity contribution >= 4 is 25.7 Å². The van der Waals surface area contributed by atoms with Gasteiger partial charge >= 0.3 is 11.9 Å². The second-order valence-electron chi connectivity index (χ2n) is 19.4. The van der Waals surface area contributed by atoms with E-state index >= 15 is 0 Å². The van der Waals surface area contributed by atoms with Gasteiger partial charge < -0.3 is 34.9 Å². The van der Waals surface area contributed by atoms with Crippen molar-refractivity contribution in [1.82, 2.24) is 11.5 Å². The van der Waals surface area contributed by atoms with E-state index in [2.05, 4.69) is 50.4 Å². The van der Waals surface area contributed by atoms with Gasteiger partial charge in [0, 0.05) is 25.8 Å². The summed E-state index contributed by atoms with van der Waals surface area (Å²) in [7, 11) is -4.79. The first-order valence-electron chi connectivity index (χ1n) is 28.8. The molecule has 2 atom stereocenters. The fraction of sp³-hybridized carbons (Fsp3) is 0.877. The SMILES string of the molecule is CCCCCCCC/C=C\CCCCCCCC(=O)OC[C@H](COP(=O)([O-])OCCNC(=O)CCCCCCCCCCCCCCC)OC(=O)CCCCCCC/C=C\CCCCCCCC.[NH4+]. The molecular weight excluding hydrogens is 888 g/mol. The molecule has 12 heteroatoms. The Kier molecular flexibility index (Phi) is 55.3. The van der Waals surface area contributed by atoms with Gasteiger partial charge in [-0.05, 0) is 70.6 Å². The van der Waals surface area contributed by atoms with Crippen molar-refractivity contribution in [3.8, 4) is 0 Å². The van der Waals surface area contributed by atoms with Gasteiger partial charge in [0.05, 0.1) is 13.2 Å². The molecule has 1 unspecified atom stereocenters. The third-order valence-corrected chi connectivity index (χ3v) is 13.6. The molecule has 0 rings (SSSR count). The van der Waals surface area contributed by atoms with Crippen LogP contribution in [0.1, 0.15) is 290 Å². The number of rotatable bonds is 54. The molecule has 1 amide bonds. The number of esters is 2. The monoisotopic (exact) mass is 999 g/mol. The highest BCUT2D eigenvalue weighted by molar-refractivity contribution is 7.45. The molecule has 0 bridgehead atoms. The first kappa shape index (κ1) is 69.0. The number of amides is 1. The van der Waals surface area contributed by atoms with Crippen LogP contribution in [0.25, 0.3) is 0 Å². The summed E-state index contributed by atoms with van der Waals surface area (Å²) in [4.78, 5) is 50.4. The molecule has 0 aliphatic rings. The highest BCUT2D eigenvalue weighted by Gasteiger charge is 2.21. The van der Waals surface area contributed by atoms with Crippen LogP contribution in [0.15, 0.2) is 24.3 Å². The van der Waals surface area contributed by atoms with Gasteiger partial charge in [0.25, 0.3) is 7.82 Å². The van der Waals surface area contributed by atoms with E-state index in [0.29, 0.717) is 19.3 Å². The van der Waals surface area contributed by atoms with Gasteiger partial charge in [-0.2, -0.15) is 0 Å². The minimum atomic E-state index is -4.79. The second-order valence-corrected chi connectivity index (χ2v) is 20.8. The lowest BCUT2D eigenvalue weighted by Crippen LogP contribution is -2.31. The van der Waals surface area contributed by atoms with E-state index in [0.717, 1.165) is 89.9 Å². The Morgan fingerprint density at radius 1 is 0.449 bits per heavy atom. The van der Waals surface area contributed by atoms with Crippen LogP contribution < -0.4 is 16.4 Å². The maximum atomic E-state index is 12.8. The van der Waals surface area contributed by atoms with Crippen molar-refractivity contribution in [1.29, 1.82) is 0 Å². The molecule has 408 valence electrons. The fourth-order valence-electron chi connectivity index (χ4n) is 8.25. The first-order chi connectivity index (χ1) is 33.2. The van der Waals surface area contributed by atoms with E-state index in [1.807, 2.05) is 0 Å². The number of carbonyl (C=O) groups is 3. The molecule has 69 heavy (non-hydrogen) atoms. The van der Waals surface area contributed by atoms with Gasteiger partial charge in [-0.3, -0.25) is 18.9 Å². The summed E-state index contributed by atoms with van der Waals surface area (Å²) in [6, 6.07) is 0. The lowest BCUT2D eigenvalue weighted by Gasteiger charge is -2.25. The number of ether oxygens (including phenoxy) is 2. The zero-order valence-electron chi connectivity index (χ0n) is 45.5. The van der Waals surface area contributed by atoms with Crippen molar-refractivity contribution in [3.63, 3.8) is 0 Å². The zero-order valence-corrected chi connectivity index (χ0v) is 46.4. The van der Waals surface area contributed by atoms with Gasteiger partial charge in [0.2, 0.25) is 5.91 Å². The molecule has 0 radical (unpaired) electrons. The summed E-state index contributed by atoms with van der Waals surface area (Å²) in [6.07, 6.45) is 55.0. The van der Waals surface area contributed by atoms with Crippen LogP contribution in [-0.2, 0) is 37.5 Å². The Morgan fingerprint density at radius 2 is 0.783 bits per heavy atom. The van der Waals surface area contributed by atoms with Crippen LogP contribution in [-0.4, -0.2) is 50.3 Å². The van der Waals surface area contributed by atoms with Crippen LogP contribution in [0.5, 0.6) is 0 Å². The molecule has 0 aliphatic carbocycles. The average molecular weight is 999 g/mol. The molecule has 0 aromatic rings. The zero-order chi connectivity index (χ0) is 49.7. The number of hydrogen-bond donors (Lipinski definition) is 2. The van der Waals surface area contributed by atoms with Gasteiger partial charge in [-0.25, -0.2) is 0 Å². The smallest absolute Gasteiger partial charge is 0.306 e. The molecule has 0 heterocycles. The Bertz CT molecular complexity index is 1230. The van der Waals surface area contributed by atoms with Crippen molar-refractivity contribution in [2.24, 2.45) is 0 Å². The van der Waals surface area contributed by atoms with Crippen molar-refractivity contribution < 1.29 is 42.4 Å². The number of phosphoric ester groups is 1. The van der Waals surface area contributed by atoms with E-state index in [1.165, 1.54) is 148 Å². The maximum Gasteiger partial charge on any atom is 0.306 e. The van der Waals surface area contributed by atoms with Crippen molar-refractivity contribution in [3.05, 3.63) is 24.3 Å². The quantitative estimate of drug-likeness (QED) is 0.0260. The molecule has 0 saturated carbocycles. The average Bonchev–Trinajstić information content (AvgIpc) is 3.32. The minimum Gasteiger partial charge on any atom is -0.756 e. The summed E-state index contributed by atoms with van der Waals surface area (Å²) in [5.41, 5.74) is 0. The largest absolute Gasteiger partial charge is 0.756 e. The number of nitrogens with one attached hydrogen (secondary N) is 1.